The van der Waals surface area contributed by atoms with Gasteiger partial charge in [0.1, 0.15) is 0 Å². The molecule has 0 heterocycles. The summed E-state index contributed by atoms with van der Waals surface area (Å²) < 4.78 is 12.3. The molecule has 19 heavy (non-hydrogen) atoms. The van der Waals surface area contributed by atoms with Gasteiger partial charge < -0.3 is 9.47 Å². The van der Waals surface area contributed by atoms with Crippen molar-refractivity contribution < 1.29 is 9.47 Å². The van der Waals surface area contributed by atoms with Crippen LogP contribution in [0.3, 0.4) is 0 Å². The lowest BCUT2D eigenvalue weighted by atomic mass is 10.0. The van der Waals surface area contributed by atoms with Gasteiger partial charge in [0.15, 0.2) is 5.79 Å². The molecule has 0 atom stereocenters. The Morgan fingerprint density at radius 3 is 1.32 bits per heavy atom. The van der Waals surface area contributed by atoms with Gasteiger partial charge in [-0.25, -0.2) is 0 Å². The van der Waals surface area contributed by atoms with Gasteiger partial charge in [-0.2, -0.15) is 0 Å². The molecule has 0 spiro atoms. The van der Waals surface area contributed by atoms with E-state index in [0.717, 1.165) is 38.9 Å². The van der Waals surface area contributed by atoms with Crippen LogP contribution in [0.25, 0.3) is 0 Å². The van der Waals surface area contributed by atoms with E-state index in [1.165, 1.54) is 38.5 Å². The molecule has 0 aliphatic carbocycles. The van der Waals surface area contributed by atoms with Crippen molar-refractivity contribution in [1.29, 1.82) is 0 Å². The van der Waals surface area contributed by atoms with E-state index in [-0.39, 0.29) is 5.79 Å². The Morgan fingerprint density at radius 1 is 0.579 bits per heavy atom. The molecule has 0 amide bonds. The van der Waals surface area contributed by atoms with Gasteiger partial charge >= 0.3 is 0 Å². The second kappa shape index (κ2) is 12.9. The zero-order chi connectivity index (χ0) is 14.4. The number of hydrogen-bond donors (Lipinski definition) is 0. The normalized spacial score (nSPS) is 12.0. The van der Waals surface area contributed by atoms with Gasteiger partial charge in [-0.3, -0.25) is 0 Å². The third-order valence-electron chi connectivity index (χ3n) is 3.46. The first-order valence-electron chi connectivity index (χ1n) is 8.52. The van der Waals surface area contributed by atoms with Gasteiger partial charge in [0.2, 0.25) is 0 Å². The molecule has 0 saturated carbocycles. The summed E-state index contributed by atoms with van der Waals surface area (Å²) in [5.74, 6) is -0.295. The zero-order valence-electron chi connectivity index (χ0n) is 13.8. The highest BCUT2D eigenvalue weighted by Crippen LogP contribution is 2.28. The van der Waals surface area contributed by atoms with Crippen molar-refractivity contribution in [2.24, 2.45) is 0 Å². The van der Waals surface area contributed by atoms with E-state index in [9.17, 15) is 0 Å². The van der Waals surface area contributed by atoms with Crippen molar-refractivity contribution in [2.75, 3.05) is 13.2 Å². The molecular formula is C17H36O2. The second-order valence-electron chi connectivity index (χ2n) is 5.52. The van der Waals surface area contributed by atoms with E-state index in [0.29, 0.717) is 0 Å². The van der Waals surface area contributed by atoms with Crippen LogP contribution in [0.1, 0.15) is 91.9 Å². The summed E-state index contributed by atoms with van der Waals surface area (Å²) in [6.07, 6.45) is 11.8. The third kappa shape index (κ3) is 9.45. The summed E-state index contributed by atoms with van der Waals surface area (Å²) in [5.41, 5.74) is 0. The van der Waals surface area contributed by atoms with E-state index in [2.05, 4.69) is 27.7 Å². The van der Waals surface area contributed by atoms with Gasteiger partial charge in [0, 0.05) is 26.1 Å². The van der Waals surface area contributed by atoms with E-state index in [1.807, 2.05) is 0 Å². The van der Waals surface area contributed by atoms with Crippen molar-refractivity contribution in [3.05, 3.63) is 0 Å². The lowest BCUT2D eigenvalue weighted by molar-refractivity contribution is -0.246. The number of rotatable bonds is 14. The molecule has 2 nitrogen and oxygen atoms in total. The molecule has 0 aromatic heterocycles. The van der Waals surface area contributed by atoms with Gasteiger partial charge in [-0.1, -0.05) is 53.4 Å². The van der Waals surface area contributed by atoms with Crippen LogP contribution in [-0.2, 0) is 9.47 Å². The standard InChI is InChI=1S/C17H36O2/c1-5-9-11-13-17(18-15-7-3,19-16-8-4)14-12-10-6-2/h5-16H2,1-4H3. The quantitative estimate of drug-likeness (QED) is 0.298. The van der Waals surface area contributed by atoms with Crippen molar-refractivity contribution in [1.82, 2.24) is 0 Å². The topological polar surface area (TPSA) is 18.5 Å². The van der Waals surface area contributed by atoms with Gasteiger partial charge in [-0.05, 0) is 25.7 Å². The average molecular weight is 272 g/mol. The maximum Gasteiger partial charge on any atom is 0.168 e. The SMILES string of the molecule is CCCCCC(CCCCC)(OCCC)OCCC. The third-order valence-corrected chi connectivity index (χ3v) is 3.46. The largest absolute Gasteiger partial charge is 0.350 e. The van der Waals surface area contributed by atoms with Crippen LogP contribution < -0.4 is 0 Å². The number of unbranched alkanes of at least 4 members (excludes halogenated alkanes) is 4. The smallest absolute Gasteiger partial charge is 0.168 e. The fourth-order valence-electron chi connectivity index (χ4n) is 2.32. The van der Waals surface area contributed by atoms with Gasteiger partial charge in [0.05, 0.1) is 0 Å². The fourth-order valence-corrected chi connectivity index (χ4v) is 2.32. The molecule has 0 fully saturated rings. The highest BCUT2D eigenvalue weighted by molar-refractivity contribution is 4.71. The van der Waals surface area contributed by atoms with Crippen LogP contribution in [0.4, 0.5) is 0 Å². The maximum absolute atomic E-state index is 6.15. The molecule has 0 aromatic rings. The molecule has 0 rings (SSSR count). The molecule has 0 unspecified atom stereocenters. The lowest BCUT2D eigenvalue weighted by Gasteiger charge is -2.34. The Labute approximate surface area is 121 Å². The lowest BCUT2D eigenvalue weighted by Crippen LogP contribution is -2.37. The Kier molecular flexibility index (Phi) is 12.9. The van der Waals surface area contributed by atoms with Crippen LogP contribution in [0.5, 0.6) is 0 Å². The minimum Gasteiger partial charge on any atom is -0.350 e. The molecule has 0 radical (unpaired) electrons. The van der Waals surface area contributed by atoms with Crippen LogP contribution in [-0.4, -0.2) is 19.0 Å². The Hall–Kier alpha value is -0.0800. The molecule has 0 aromatic carbocycles. The average Bonchev–Trinajstić information content (AvgIpc) is 2.43. The molecule has 0 saturated heterocycles. The Morgan fingerprint density at radius 2 is 1.00 bits per heavy atom. The molecule has 0 aliphatic rings. The summed E-state index contributed by atoms with van der Waals surface area (Å²) in [7, 11) is 0. The van der Waals surface area contributed by atoms with Crippen molar-refractivity contribution in [3.8, 4) is 0 Å². The first kappa shape index (κ1) is 18.9. The summed E-state index contributed by atoms with van der Waals surface area (Å²) in [6.45, 7) is 10.5. The molecular weight excluding hydrogens is 236 g/mol. The summed E-state index contributed by atoms with van der Waals surface area (Å²) >= 11 is 0. The van der Waals surface area contributed by atoms with Crippen LogP contribution in [0, 0.1) is 0 Å². The van der Waals surface area contributed by atoms with E-state index < -0.39 is 0 Å². The van der Waals surface area contributed by atoms with Crippen LogP contribution >= 0.6 is 0 Å². The Bertz CT molecular complexity index is 160. The minimum atomic E-state index is -0.295. The number of hydrogen-bond acceptors (Lipinski definition) is 2. The predicted octanol–water partition coefficient (Wildman–Crippen LogP) is 5.70. The van der Waals surface area contributed by atoms with E-state index in [4.69, 9.17) is 9.47 Å². The predicted molar refractivity (Wildman–Crippen MR) is 83.5 cm³/mol. The van der Waals surface area contributed by atoms with Crippen LogP contribution in [0.2, 0.25) is 0 Å². The molecule has 0 N–H and O–H groups in total. The second-order valence-corrected chi connectivity index (χ2v) is 5.52. The Balaban J connectivity index is 4.44. The summed E-state index contributed by atoms with van der Waals surface area (Å²) in [5, 5.41) is 0. The summed E-state index contributed by atoms with van der Waals surface area (Å²) in [6, 6.07) is 0. The molecule has 0 bridgehead atoms. The monoisotopic (exact) mass is 272 g/mol. The van der Waals surface area contributed by atoms with Crippen LogP contribution in [0.15, 0.2) is 0 Å². The van der Waals surface area contributed by atoms with E-state index in [1.54, 1.807) is 0 Å². The minimum absolute atomic E-state index is 0.295. The molecule has 2 heteroatoms. The maximum atomic E-state index is 6.15. The number of ether oxygens (including phenoxy) is 2. The van der Waals surface area contributed by atoms with Crippen molar-refractivity contribution in [3.63, 3.8) is 0 Å². The van der Waals surface area contributed by atoms with Crippen molar-refractivity contribution >= 4 is 0 Å². The van der Waals surface area contributed by atoms with E-state index >= 15 is 0 Å². The fraction of sp³-hybridized carbons (Fsp3) is 1.00. The van der Waals surface area contributed by atoms with Gasteiger partial charge in [-0.15, -0.1) is 0 Å². The molecule has 0 aliphatic heterocycles. The highest BCUT2D eigenvalue weighted by atomic mass is 16.7. The van der Waals surface area contributed by atoms with Gasteiger partial charge in [0.25, 0.3) is 0 Å². The summed E-state index contributed by atoms with van der Waals surface area (Å²) in [4.78, 5) is 0. The highest BCUT2D eigenvalue weighted by Gasteiger charge is 2.30. The first-order chi connectivity index (χ1) is 9.24. The molecule has 116 valence electrons. The van der Waals surface area contributed by atoms with Crippen molar-refractivity contribution in [2.45, 2.75) is 97.7 Å². The first-order valence-corrected chi connectivity index (χ1v) is 8.52. The zero-order valence-corrected chi connectivity index (χ0v) is 13.8.